The third kappa shape index (κ3) is 4.90. The van der Waals surface area contributed by atoms with Gasteiger partial charge >= 0.3 is 0 Å². The van der Waals surface area contributed by atoms with Gasteiger partial charge in [0.15, 0.2) is 0 Å². The summed E-state index contributed by atoms with van der Waals surface area (Å²) in [6.07, 6.45) is 7.76. The lowest BCUT2D eigenvalue weighted by Crippen LogP contribution is -2.29. The summed E-state index contributed by atoms with van der Waals surface area (Å²) < 4.78 is 2.05. The molecule has 6 nitrogen and oxygen atoms in total. The molecule has 2 aliphatic rings. The van der Waals surface area contributed by atoms with Crippen LogP contribution in [0.2, 0.25) is 0 Å². The summed E-state index contributed by atoms with van der Waals surface area (Å²) in [6, 6.07) is 13.8. The molecule has 35 heavy (non-hydrogen) atoms. The molecule has 1 aliphatic carbocycles. The lowest BCUT2D eigenvalue weighted by Gasteiger charge is -2.28. The molecule has 1 saturated heterocycles. The molecule has 3 aromatic rings. The van der Waals surface area contributed by atoms with Crippen molar-refractivity contribution in [2.24, 2.45) is 5.92 Å². The zero-order valence-electron chi connectivity index (χ0n) is 19.9. The van der Waals surface area contributed by atoms with Gasteiger partial charge in [0.2, 0.25) is 0 Å². The quantitative estimate of drug-likeness (QED) is 0.371. The number of hydrogen-bond donors (Lipinski definition) is 1. The Balaban J connectivity index is 1.53. The van der Waals surface area contributed by atoms with Crippen LogP contribution in [0, 0.1) is 12.8 Å². The number of anilines is 1. The lowest BCUT2D eigenvalue weighted by molar-refractivity contribution is -0.122. The number of thiocarbonyl (C=S) groups is 1. The Morgan fingerprint density at radius 1 is 1.11 bits per heavy atom. The zero-order valence-corrected chi connectivity index (χ0v) is 21.5. The monoisotopic (exact) mass is 504 g/mol. The van der Waals surface area contributed by atoms with Crippen molar-refractivity contribution in [1.82, 2.24) is 14.3 Å². The number of hydrogen-bond acceptors (Lipinski definition) is 6. The molecule has 180 valence electrons. The van der Waals surface area contributed by atoms with Crippen LogP contribution >= 0.6 is 24.0 Å². The van der Waals surface area contributed by atoms with E-state index in [1.165, 1.54) is 11.8 Å². The summed E-state index contributed by atoms with van der Waals surface area (Å²) >= 11 is 6.76. The van der Waals surface area contributed by atoms with Gasteiger partial charge in [-0.05, 0) is 61.8 Å². The first-order valence-corrected chi connectivity index (χ1v) is 13.2. The maximum absolute atomic E-state index is 13.6. The van der Waals surface area contributed by atoms with Crippen molar-refractivity contribution in [3.8, 4) is 0 Å². The van der Waals surface area contributed by atoms with Gasteiger partial charge in [0, 0.05) is 12.2 Å². The van der Waals surface area contributed by atoms with Gasteiger partial charge < -0.3 is 5.32 Å². The van der Waals surface area contributed by atoms with Crippen LogP contribution in [-0.2, 0) is 11.3 Å². The Morgan fingerprint density at radius 3 is 2.60 bits per heavy atom. The second-order valence-electron chi connectivity index (χ2n) is 9.42. The van der Waals surface area contributed by atoms with Crippen LogP contribution in [-0.4, -0.2) is 30.6 Å². The summed E-state index contributed by atoms with van der Waals surface area (Å²) in [7, 11) is 0. The van der Waals surface area contributed by atoms with Gasteiger partial charge in [-0.25, -0.2) is 4.98 Å². The van der Waals surface area contributed by atoms with E-state index in [1.807, 2.05) is 49.4 Å². The number of rotatable bonds is 5. The molecule has 1 N–H and O–H groups in total. The van der Waals surface area contributed by atoms with Gasteiger partial charge in [-0.3, -0.25) is 18.9 Å². The Bertz CT molecular complexity index is 1380. The average Bonchev–Trinajstić information content (AvgIpc) is 3.11. The number of nitrogens with zero attached hydrogens (tertiary/aromatic N) is 3. The van der Waals surface area contributed by atoms with E-state index in [2.05, 4.69) is 12.2 Å². The van der Waals surface area contributed by atoms with Crippen molar-refractivity contribution >= 4 is 51.7 Å². The van der Waals surface area contributed by atoms with Crippen molar-refractivity contribution in [2.45, 2.75) is 52.1 Å². The van der Waals surface area contributed by atoms with Gasteiger partial charge in [-0.1, -0.05) is 67.3 Å². The number of benzene rings is 1. The minimum absolute atomic E-state index is 0.185. The largest absolute Gasteiger partial charge is 0.367 e. The highest BCUT2D eigenvalue weighted by molar-refractivity contribution is 8.26. The Kier molecular flexibility index (Phi) is 6.75. The molecule has 0 unspecified atom stereocenters. The molecule has 8 heteroatoms. The van der Waals surface area contributed by atoms with Gasteiger partial charge in [0.05, 0.1) is 17.0 Å². The topological polar surface area (TPSA) is 66.7 Å². The normalized spacial score (nSPS) is 21.8. The van der Waals surface area contributed by atoms with Crippen LogP contribution in [0.15, 0.2) is 58.4 Å². The number of nitrogens with one attached hydrogen (secondary N) is 1. The number of carbonyl (C=O) groups excluding carboxylic acids is 1. The highest BCUT2D eigenvalue weighted by Crippen LogP contribution is 2.34. The van der Waals surface area contributed by atoms with E-state index in [9.17, 15) is 9.59 Å². The summed E-state index contributed by atoms with van der Waals surface area (Å²) in [5.74, 6) is 1.07. The third-order valence-corrected chi connectivity index (χ3v) is 8.15. The second-order valence-corrected chi connectivity index (χ2v) is 11.1. The lowest BCUT2D eigenvalue weighted by atomic mass is 9.87. The van der Waals surface area contributed by atoms with Gasteiger partial charge in [-0.2, -0.15) is 0 Å². The molecule has 1 aliphatic heterocycles. The predicted octanol–water partition coefficient (Wildman–Crippen LogP) is 5.39. The van der Waals surface area contributed by atoms with Crippen LogP contribution in [0.4, 0.5) is 5.82 Å². The Hall–Kier alpha value is -2.97. The van der Waals surface area contributed by atoms with E-state index in [1.54, 1.807) is 21.6 Å². The fraction of sp³-hybridized carbons (Fsp3) is 0.333. The first kappa shape index (κ1) is 23.8. The average molecular weight is 505 g/mol. The van der Waals surface area contributed by atoms with Crippen molar-refractivity contribution in [3.63, 3.8) is 0 Å². The van der Waals surface area contributed by atoms with E-state index in [-0.39, 0.29) is 17.5 Å². The standard InChI is InChI=1S/C27H28N4O2S2/c1-17-10-12-20(13-11-17)28-23-21(25(32)30-14-6-7-18(2)24(30)29-23)15-22-26(33)31(27(34)35-22)16-19-8-4-3-5-9-19/h3-9,14-15,17,20,28H,10-13,16H2,1-2H3/b22-15+. The molecule has 1 aromatic carbocycles. The predicted molar refractivity (Wildman–Crippen MR) is 146 cm³/mol. The zero-order chi connectivity index (χ0) is 24.5. The maximum atomic E-state index is 13.6. The first-order valence-electron chi connectivity index (χ1n) is 12.0. The molecular formula is C27H28N4O2S2. The van der Waals surface area contributed by atoms with Crippen molar-refractivity contribution in [2.75, 3.05) is 5.32 Å². The van der Waals surface area contributed by atoms with E-state index >= 15 is 0 Å². The first-order chi connectivity index (χ1) is 16.9. The maximum Gasteiger partial charge on any atom is 0.267 e. The fourth-order valence-corrected chi connectivity index (χ4v) is 5.92. The fourth-order valence-electron chi connectivity index (χ4n) is 4.68. The number of aryl methyl sites for hydroxylation is 1. The Labute approximate surface area is 214 Å². The van der Waals surface area contributed by atoms with Crippen LogP contribution < -0.4 is 10.9 Å². The van der Waals surface area contributed by atoms with E-state index < -0.39 is 0 Å². The second kappa shape index (κ2) is 9.95. The van der Waals surface area contributed by atoms with Gasteiger partial charge in [0.1, 0.15) is 15.8 Å². The molecule has 1 amide bonds. The van der Waals surface area contributed by atoms with Crippen molar-refractivity contribution in [1.29, 1.82) is 0 Å². The number of pyridine rings is 1. The van der Waals surface area contributed by atoms with E-state index in [0.29, 0.717) is 32.8 Å². The van der Waals surface area contributed by atoms with Crippen LogP contribution in [0.5, 0.6) is 0 Å². The molecule has 0 radical (unpaired) electrons. The SMILES string of the molecule is Cc1cccn2c(=O)c(/C=C3/SC(=S)N(Cc4ccccc4)C3=O)c(NC3CCC(C)CC3)nc12. The molecular weight excluding hydrogens is 476 g/mol. The number of amides is 1. The highest BCUT2D eigenvalue weighted by atomic mass is 32.2. The molecule has 0 atom stereocenters. The molecule has 0 bridgehead atoms. The number of fused-ring (bicyclic) bond motifs is 1. The van der Waals surface area contributed by atoms with Crippen LogP contribution in [0.25, 0.3) is 11.7 Å². The molecule has 0 spiro atoms. The molecule has 5 rings (SSSR count). The summed E-state index contributed by atoms with van der Waals surface area (Å²) in [6.45, 7) is 4.63. The summed E-state index contributed by atoms with van der Waals surface area (Å²) in [4.78, 5) is 33.8. The van der Waals surface area contributed by atoms with E-state index in [4.69, 9.17) is 17.2 Å². The molecule has 2 fully saturated rings. The van der Waals surface area contributed by atoms with Crippen molar-refractivity contribution in [3.05, 3.63) is 80.6 Å². The third-order valence-electron chi connectivity index (χ3n) is 6.77. The molecule has 2 aromatic heterocycles. The number of carbonyl (C=O) groups is 1. The molecule has 3 heterocycles. The van der Waals surface area contributed by atoms with Crippen LogP contribution in [0.3, 0.4) is 0 Å². The smallest absolute Gasteiger partial charge is 0.267 e. The Morgan fingerprint density at radius 2 is 1.86 bits per heavy atom. The summed E-state index contributed by atoms with van der Waals surface area (Å²) in [5, 5.41) is 3.55. The van der Waals surface area contributed by atoms with Gasteiger partial charge in [-0.15, -0.1) is 0 Å². The van der Waals surface area contributed by atoms with Crippen LogP contribution in [0.1, 0.15) is 49.3 Å². The molecule has 1 saturated carbocycles. The number of aromatic nitrogens is 2. The number of thioether (sulfide) groups is 1. The minimum atomic E-state index is -0.196. The van der Waals surface area contributed by atoms with Crippen molar-refractivity contribution < 1.29 is 4.79 Å². The highest BCUT2D eigenvalue weighted by Gasteiger charge is 2.33. The summed E-state index contributed by atoms with van der Waals surface area (Å²) in [5.41, 5.74) is 2.75. The van der Waals surface area contributed by atoms with Gasteiger partial charge in [0.25, 0.3) is 11.5 Å². The van der Waals surface area contributed by atoms with E-state index in [0.717, 1.165) is 42.7 Å². The minimum Gasteiger partial charge on any atom is -0.367 e.